The molecule has 0 aliphatic carbocycles. The fraction of sp³-hybridized carbons (Fsp3) is 0.207. The highest BCUT2D eigenvalue weighted by atomic mass is 19.4. The Balaban J connectivity index is 1.76. The molecule has 4 rings (SSSR count). The molecule has 0 bridgehead atoms. The van der Waals surface area contributed by atoms with E-state index >= 15 is 0 Å². The number of hydrogen-bond acceptors (Lipinski definition) is 3. The molecule has 0 saturated carbocycles. The maximum absolute atomic E-state index is 13.4. The molecule has 0 fully saturated rings. The molecule has 186 valence electrons. The van der Waals surface area contributed by atoms with Crippen molar-refractivity contribution < 1.29 is 27.8 Å². The van der Waals surface area contributed by atoms with Crippen molar-refractivity contribution in [2.45, 2.75) is 32.1 Å². The molecule has 0 heterocycles. The highest BCUT2D eigenvalue weighted by molar-refractivity contribution is 5.99. The smallest absolute Gasteiger partial charge is 0.417 e. The van der Waals surface area contributed by atoms with Crippen LogP contribution in [-0.4, -0.2) is 18.2 Å². The quantitative estimate of drug-likeness (QED) is 0.278. The third kappa shape index (κ3) is 5.21. The van der Waals surface area contributed by atoms with E-state index in [1.165, 1.54) is 6.07 Å². The third-order valence-corrected chi connectivity index (χ3v) is 6.34. The molecule has 0 amide bonds. The Kier molecular flexibility index (Phi) is 7.04. The van der Waals surface area contributed by atoms with Gasteiger partial charge in [-0.3, -0.25) is 0 Å². The summed E-state index contributed by atoms with van der Waals surface area (Å²) in [5, 5.41) is 14.8. The second kappa shape index (κ2) is 10.0. The molecule has 4 aromatic rings. The zero-order valence-electron chi connectivity index (χ0n) is 20.1. The number of benzene rings is 4. The summed E-state index contributed by atoms with van der Waals surface area (Å²) < 4.78 is 45.5. The van der Waals surface area contributed by atoms with Crippen LogP contribution in [0, 0.1) is 0 Å². The van der Waals surface area contributed by atoms with Crippen LogP contribution in [0.5, 0.6) is 5.75 Å². The van der Waals surface area contributed by atoms with Gasteiger partial charge in [-0.15, -0.1) is 0 Å². The van der Waals surface area contributed by atoms with E-state index in [4.69, 9.17) is 4.74 Å². The molecule has 36 heavy (non-hydrogen) atoms. The van der Waals surface area contributed by atoms with Crippen molar-refractivity contribution in [1.29, 1.82) is 0 Å². The number of rotatable bonds is 7. The van der Waals surface area contributed by atoms with E-state index in [2.05, 4.69) is 5.32 Å². The lowest BCUT2D eigenvalue weighted by Gasteiger charge is -2.23. The number of carboxylic acids is 1. The Morgan fingerprint density at radius 2 is 1.61 bits per heavy atom. The van der Waals surface area contributed by atoms with E-state index in [9.17, 15) is 23.1 Å². The summed E-state index contributed by atoms with van der Waals surface area (Å²) in [5.74, 6) is -0.856. The molecule has 2 atom stereocenters. The lowest BCUT2D eigenvalue weighted by molar-refractivity contribution is -0.138. The van der Waals surface area contributed by atoms with Gasteiger partial charge in [0, 0.05) is 12.1 Å². The van der Waals surface area contributed by atoms with Crippen LogP contribution in [0.2, 0.25) is 0 Å². The first-order valence-electron chi connectivity index (χ1n) is 11.5. The summed E-state index contributed by atoms with van der Waals surface area (Å²) >= 11 is 0. The van der Waals surface area contributed by atoms with Crippen molar-refractivity contribution >= 4 is 16.7 Å². The summed E-state index contributed by atoms with van der Waals surface area (Å²) in [6.45, 7) is 4.06. The van der Waals surface area contributed by atoms with E-state index in [1.54, 1.807) is 7.11 Å². The Labute approximate surface area is 207 Å². The second-order valence-corrected chi connectivity index (χ2v) is 8.74. The van der Waals surface area contributed by atoms with Gasteiger partial charge in [-0.2, -0.15) is 13.2 Å². The molecular weight excluding hydrogens is 467 g/mol. The second-order valence-electron chi connectivity index (χ2n) is 8.74. The number of carboxylic acid groups (broad SMARTS) is 1. The van der Waals surface area contributed by atoms with Crippen LogP contribution < -0.4 is 10.1 Å². The largest absolute Gasteiger partial charge is 0.497 e. The lowest BCUT2D eigenvalue weighted by Crippen LogP contribution is -2.22. The number of nitrogens with one attached hydrogen (secondary N) is 1. The Morgan fingerprint density at radius 1 is 0.889 bits per heavy atom. The van der Waals surface area contributed by atoms with Gasteiger partial charge in [0.1, 0.15) is 5.75 Å². The molecule has 0 aliphatic rings. The number of ether oxygens (including phenoxy) is 1. The van der Waals surface area contributed by atoms with Gasteiger partial charge in [-0.05, 0) is 83.3 Å². The minimum atomic E-state index is -4.76. The molecule has 2 N–H and O–H groups in total. The van der Waals surface area contributed by atoms with E-state index in [0.29, 0.717) is 11.1 Å². The molecule has 4 aromatic carbocycles. The lowest BCUT2D eigenvalue weighted by atomic mass is 9.91. The van der Waals surface area contributed by atoms with Gasteiger partial charge in [0.05, 0.1) is 18.2 Å². The number of hydrogen-bond donors (Lipinski definition) is 2. The molecule has 1 unspecified atom stereocenters. The maximum atomic E-state index is 13.4. The number of aromatic carboxylic acids is 1. The average molecular weight is 494 g/mol. The average Bonchev–Trinajstić information content (AvgIpc) is 2.87. The van der Waals surface area contributed by atoms with Crippen LogP contribution >= 0.6 is 0 Å². The van der Waals surface area contributed by atoms with Gasteiger partial charge in [0.15, 0.2) is 0 Å². The van der Waals surface area contributed by atoms with Gasteiger partial charge >= 0.3 is 12.1 Å². The van der Waals surface area contributed by atoms with Crippen LogP contribution in [0.4, 0.5) is 13.2 Å². The van der Waals surface area contributed by atoms with Crippen molar-refractivity contribution in [2.75, 3.05) is 7.11 Å². The van der Waals surface area contributed by atoms with Crippen molar-refractivity contribution in [1.82, 2.24) is 5.32 Å². The van der Waals surface area contributed by atoms with Gasteiger partial charge in [-0.25, -0.2) is 4.79 Å². The molecule has 0 aromatic heterocycles. The summed E-state index contributed by atoms with van der Waals surface area (Å²) in [6, 6.07) is 22.4. The normalized spacial score (nSPS) is 13.4. The summed E-state index contributed by atoms with van der Waals surface area (Å²) in [6.07, 6.45) is -4.76. The molecule has 0 spiro atoms. The van der Waals surface area contributed by atoms with E-state index in [-0.39, 0.29) is 12.1 Å². The molecular formula is C29H26F3NO3. The number of halogens is 3. The standard InChI is InChI=1S/C29H26F3NO3/c1-17(19-8-6-9-23(14-19)36-3)33-18(2)22-13-20-7-4-5-10-24(20)25(16-22)21-11-12-27(29(30,31)32)26(15-21)28(34)35/h4-18,33H,1-3H3,(H,34,35)/t17-,18?/m1/s1. The van der Waals surface area contributed by atoms with Gasteiger partial charge < -0.3 is 15.2 Å². The minimum absolute atomic E-state index is 0.00491. The topological polar surface area (TPSA) is 58.6 Å². The highest BCUT2D eigenvalue weighted by Gasteiger charge is 2.35. The van der Waals surface area contributed by atoms with E-state index in [0.717, 1.165) is 39.8 Å². The maximum Gasteiger partial charge on any atom is 0.417 e. The number of fused-ring (bicyclic) bond motifs is 1. The fourth-order valence-corrected chi connectivity index (χ4v) is 4.44. The van der Waals surface area contributed by atoms with Crippen LogP contribution in [0.3, 0.4) is 0 Å². The summed E-state index contributed by atoms with van der Waals surface area (Å²) in [5.41, 5.74) is 1.12. The van der Waals surface area contributed by atoms with Crippen molar-refractivity contribution in [3.05, 3.63) is 101 Å². The minimum Gasteiger partial charge on any atom is -0.497 e. The Hall–Kier alpha value is -3.84. The molecule has 0 saturated heterocycles. The fourth-order valence-electron chi connectivity index (χ4n) is 4.44. The van der Waals surface area contributed by atoms with E-state index in [1.807, 2.05) is 74.5 Å². The van der Waals surface area contributed by atoms with Crippen molar-refractivity contribution in [2.24, 2.45) is 0 Å². The monoisotopic (exact) mass is 493 g/mol. The van der Waals surface area contributed by atoms with E-state index < -0.39 is 23.3 Å². The highest BCUT2D eigenvalue weighted by Crippen LogP contribution is 2.37. The van der Waals surface area contributed by atoms with Crippen molar-refractivity contribution in [3.8, 4) is 16.9 Å². The first kappa shape index (κ1) is 25.3. The van der Waals surface area contributed by atoms with Gasteiger partial charge in [-0.1, -0.05) is 42.5 Å². The van der Waals surface area contributed by atoms with Crippen LogP contribution in [0.1, 0.15) is 53.0 Å². The van der Waals surface area contributed by atoms with Gasteiger partial charge in [0.25, 0.3) is 0 Å². The summed E-state index contributed by atoms with van der Waals surface area (Å²) in [7, 11) is 1.62. The Bertz CT molecular complexity index is 1410. The number of methoxy groups -OCH3 is 1. The SMILES string of the molecule is COc1cccc([C@@H](C)NC(C)c2cc(-c3ccc(C(F)(F)F)c(C(=O)O)c3)c3ccccc3c2)c1. The van der Waals surface area contributed by atoms with Crippen LogP contribution in [0.15, 0.2) is 78.9 Å². The predicted octanol–water partition coefficient (Wildman–Crippen LogP) is 7.64. The predicted molar refractivity (Wildman–Crippen MR) is 134 cm³/mol. The zero-order valence-corrected chi connectivity index (χ0v) is 20.1. The van der Waals surface area contributed by atoms with Crippen molar-refractivity contribution in [3.63, 3.8) is 0 Å². The van der Waals surface area contributed by atoms with Gasteiger partial charge in [0.2, 0.25) is 0 Å². The number of carbonyl (C=O) groups is 1. The summed E-state index contributed by atoms with van der Waals surface area (Å²) in [4.78, 5) is 11.7. The van der Waals surface area contributed by atoms with Crippen LogP contribution in [-0.2, 0) is 6.18 Å². The first-order chi connectivity index (χ1) is 17.1. The van der Waals surface area contributed by atoms with Crippen LogP contribution in [0.25, 0.3) is 21.9 Å². The first-order valence-corrected chi connectivity index (χ1v) is 11.5. The molecule has 0 radical (unpaired) electrons. The molecule has 0 aliphatic heterocycles. The molecule has 7 heteroatoms. The Morgan fingerprint density at radius 3 is 2.31 bits per heavy atom. The number of alkyl halides is 3. The molecule has 4 nitrogen and oxygen atoms in total. The third-order valence-electron chi connectivity index (χ3n) is 6.34. The zero-order chi connectivity index (χ0) is 26.0.